The maximum Gasteiger partial charge on any atom is 0.141 e. The van der Waals surface area contributed by atoms with Crippen molar-refractivity contribution in [3.05, 3.63) is 30.1 Å². The van der Waals surface area contributed by atoms with Crippen molar-refractivity contribution in [2.75, 3.05) is 5.73 Å². The van der Waals surface area contributed by atoms with Crippen LogP contribution in [0.2, 0.25) is 0 Å². The van der Waals surface area contributed by atoms with E-state index in [1.165, 1.54) is 0 Å². The second-order valence-electron chi connectivity index (χ2n) is 2.62. The molecule has 13 heavy (non-hydrogen) atoms. The van der Waals surface area contributed by atoms with Crippen LogP contribution in [-0.2, 0) is 0 Å². The number of fused-ring (bicyclic) bond motifs is 1. The summed E-state index contributed by atoms with van der Waals surface area (Å²) in [5.41, 5.74) is 6.78. The maximum absolute atomic E-state index is 5.57. The van der Waals surface area contributed by atoms with Crippen LogP contribution in [0.15, 0.2) is 24.4 Å². The van der Waals surface area contributed by atoms with Gasteiger partial charge in [-0.25, -0.2) is 4.98 Å². The molecule has 0 aliphatic rings. The number of anilines is 1. The third kappa shape index (κ3) is 1.18. The molecule has 0 fully saturated rings. The van der Waals surface area contributed by atoms with Crippen molar-refractivity contribution in [2.45, 2.75) is 0 Å². The number of terminal acetylenes is 1. The van der Waals surface area contributed by atoms with E-state index in [1.807, 2.05) is 12.1 Å². The van der Waals surface area contributed by atoms with Crippen molar-refractivity contribution in [3.8, 4) is 12.3 Å². The summed E-state index contributed by atoms with van der Waals surface area (Å²) in [6, 6.07) is 5.49. The number of nitrogens with zero attached hydrogens (tertiary/aromatic N) is 2. The van der Waals surface area contributed by atoms with Gasteiger partial charge in [0, 0.05) is 11.6 Å². The lowest BCUT2D eigenvalue weighted by Crippen LogP contribution is -1.94. The van der Waals surface area contributed by atoms with E-state index in [0.717, 1.165) is 10.9 Å². The molecule has 0 aliphatic heterocycles. The van der Waals surface area contributed by atoms with Crippen molar-refractivity contribution in [2.24, 2.45) is 0 Å². The molecule has 0 aromatic carbocycles. The maximum atomic E-state index is 5.57. The Kier molecular flexibility index (Phi) is 1.60. The van der Waals surface area contributed by atoms with Gasteiger partial charge in [0.05, 0.1) is 0 Å². The number of rotatable bonds is 0. The lowest BCUT2D eigenvalue weighted by Gasteiger charge is -1.99. The highest BCUT2D eigenvalue weighted by atomic mass is 14.9. The molecule has 0 radical (unpaired) electrons. The zero-order valence-electron chi connectivity index (χ0n) is 6.86. The minimum absolute atomic E-state index is 0.424. The summed E-state index contributed by atoms with van der Waals surface area (Å²) in [5, 5.41) is 0.919. The second kappa shape index (κ2) is 2.76. The Hall–Kier alpha value is -2.08. The molecule has 2 heterocycles. The zero-order chi connectivity index (χ0) is 9.26. The van der Waals surface area contributed by atoms with Crippen molar-refractivity contribution in [3.63, 3.8) is 0 Å². The van der Waals surface area contributed by atoms with E-state index in [1.54, 1.807) is 12.3 Å². The van der Waals surface area contributed by atoms with Crippen LogP contribution in [0.25, 0.3) is 10.9 Å². The number of hydrogen-bond donors (Lipinski definition) is 1. The van der Waals surface area contributed by atoms with E-state index < -0.39 is 0 Å². The highest BCUT2D eigenvalue weighted by Gasteiger charge is 2.01. The molecule has 0 bridgehead atoms. The molecule has 0 spiro atoms. The SMILES string of the molecule is C#Cc1nc(N)cc2cccnc12. The van der Waals surface area contributed by atoms with Gasteiger partial charge in [0.15, 0.2) is 0 Å². The molecule has 62 valence electrons. The summed E-state index contributed by atoms with van der Waals surface area (Å²) >= 11 is 0. The fourth-order valence-electron chi connectivity index (χ4n) is 1.21. The summed E-state index contributed by atoms with van der Waals surface area (Å²) < 4.78 is 0. The van der Waals surface area contributed by atoms with E-state index in [4.69, 9.17) is 12.2 Å². The minimum Gasteiger partial charge on any atom is -0.384 e. The molecule has 0 unspecified atom stereocenters. The van der Waals surface area contributed by atoms with Gasteiger partial charge >= 0.3 is 0 Å². The molecule has 0 saturated heterocycles. The molecule has 0 saturated carbocycles. The van der Waals surface area contributed by atoms with Crippen LogP contribution in [0.3, 0.4) is 0 Å². The molecule has 3 heteroatoms. The summed E-state index contributed by atoms with van der Waals surface area (Å²) in [6.07, 6.45) is 6.96. The fourth-order valence-corrected chi connectivity index (χ4v) is 1.21. The Bertz CT molecular complexity index is 497. The Balaban J connectivity index is 2.91. The lowest BCUT2D eigenvalue weighted by atomic mass is 10.2. The Morgan fingerprint density at radius 2 is 2.31 bits per heavy atom. The highest BCUT2D eigenvalue weighted by molar-refractivity contribution is 5.84. The van der Waals surface area contributed by atoms with Crippen molar-refractivity contribution < 1.29 is 0 Å². The van der Waals surface area contributed by atoms with Gasteiger partial charge in [-0.3, -0.25) is 4.98 Å². The number of aromatic nitrogens is 2. The number of hydrogen-bond acceptors (Lipinski definition) is 3. The summed E-state index contributed by atoms with van der Waals surface area (Å²) in [7, 11) is 0. The van der Waals surface area contributed by atoms with E-state index in [0.29, 0.717) is 11.5 Å². The van der Waals surface area contributed by atoms with Gasteiger partial charge in [-0.05, 0) is 18.1 Å². The van der Waals surface area contributed by atoms with E-state index in [-0.39, 0.29) is 0 Å². The summed E-state index contributed by atoms with van der Waals surface area (Å²) in [5.74, 6) is 2.88. The van der Waals surface area contributed by atoms with Crippen LogP contribution >= 0.6 is 0 Å². The Labute approximate surface area is 75.6 Å². The summed E-state index contributed by atoms with van der Waals surface area (Å²) in [6.45, 7) is 0. The minimum atomic E-state index is 0.424. The molecule has 0 aliphatic carbocycles. The normalized spacial score (nSPS) is 9.77. The van der Waals surface area contributed by atoms with Gasteiger partial charge < -0.3 is 5.73 Å². The first-order valence-corrected chi connectivity index (χ1v) is 3.79. The number of nitrogens with two attached hydrogens (primary N) is 1. The average Bonchev–Trinajstić information content (AvgIpc) is 2.16. The zero-order valence-corrected chi connectivity index (χ0v) is 6.86. The van der Waals surface area contributed by atoms with Crippen molar-refractivity contribution in [1.82, 2.24) is 9.97 Å². The van der Waals surface area contributed by atoms with Gasteiger partial charge in [0.1, 0.15) is 17.0 Å². The van der Waals surface area contributed by atoms with Crippen LogP contribution in [0.1, 0.15) is 5.69 Å². The molecular weight excluding hydrogens is 162 g/mol. The van der Waals surface area contributed by atoms with Crippen molar-refractivity contribution >= 4 is 16.7 Å². The van der Waals surface area contributed by atoms with Gasteiger partial charge in [-0.1, -0.05) is 6.07 Å². The fraction of sp³-hybridized carbons (Fsp3) is 0. The van der Waals surface area contributed by atoms with Crippen LogP contribution in [0, 0.1) is 12.3 Å². The summed E-state index contributed by atoms with van der Waals surface area (Å²) in [4.78, 5) is 8.13. The molecule has 2 aromatic rings. The third-order valence-electron chi connectivity index (χ3n) is 1.74. The van der Waals surface area contributed by atoms with Crippen LogP contribution in [0.5, 0.6) is 0 Å². The van der Waals surface area contributed by atoms with Crippen LogP contribution in [0.4, 0.5) is 5.82 Å². The standard InChI is InChI=1S/C10H7N3/c1-2-8-10-7(4-3-5-12-10)6-9(11)13-8/h1,3-6H,(H2,11,13). The quantitative estimate of drug-likeness (QED) is 0.603. The van der Waals surface area contributed by atoms with Crippen LogP contribution < -0.4 is 5.73 Å². The topological polar surface area (TPSA) is 51.8 Å². The van der Waals surface area contributed by atoms with Crippen molar-refractivity contribution in [1.29, 1.82) is 0 Å². The number of nitrogen functional groups attached to an aromatic ring is 1. The monoisotopic (exact) mass is 169 g/mol. The second-order valence-corrected chi connectivity index (χ2v) is 2.62. The molecule has 2 aromatic heterocycles. The molecule has 2 rings (SSSR count). The third-order valence-corrected chi connectivity index (χ3v) is 1.74. The Morgan fingerprint density at radius 3 is 3.08 bits per heavy atom. The van der Waals surface area contributed by atoms with E-state index in [2.05, 4.69) is 15.9 Å². The lowest BCUT2D eigenvalue weighted by molar-refractivity contribution is 1.29. The highest BCUT2D eigenvalue weighted by Crippen LogP contribution is 2.15. The Morgan fingerprint density at radius 1 is 1.46 bits per heavy atom. The molecule has 3 nitrogen and oxygen atoms in total. The van der Waals surface area contributed by atoms with E-state index in [9.17, 15) is 0 Å². The molecular formula is C10H7N3. The number of pyridine rings is 2. The predicted octanol–water partition coefficient (Wildman–Crippen LogP) is 1.19. The van der Waals surface area contributed by atoms with Gasteiger partial charge in [0.25, 0.3) is 0 Å². The molecule has 0 atom stereocenters. The van der Waals surface area contributed by atoms with Crippen LogP contribution in [-0.4, -0.2) is 9.97 Å². The van der Waals surface area contributed by atoms with Gasteiger partial charge in [-0.2, -0.15) is 0 Å². The van der Waals surface area contributed by atoms with Gasteiger partial charge in [0.2, 0.25) is 0 Å². The molecule has 0 amide bonds. The first-order chi connectivity index (χ1) is 6.31. The first kappa shape index (κ1) is 7.56. The first-order valence-electron chi connectivity index (χ1n) is 3.79. The smallest absolute Gasteiger partial charge is 0.141 e. The molecule has 2 N–H and O–H groups in total. The largest absolute Gasteiger partial charge is 0.384 e. The average molecular weight is 169 g/mol. The van der Waals surface area contributed by atoms with Gasteiger partial charge in [-0.15, -0.1) is 6.42 Å². The predicted molar refractivity (Wildman–Crippen MR) is 51.9 cm³/mol. The van der Waals surface area contributed by atoms with E-state index >= 15 is 0 Å².